The van der Waals surface area contributed by atoms with Crippen LogP contribution < -0.4 is 0 Å². The predicted molar refractivity (Wildman–Crippen MR) is 126 cm³/mol. The van der Waals surface area contributed by atoms with E-state index in [1.165, 1.54) is 0 Å². The highest BCUT2D eigenvalue weighted by molar-refractivity contribution is 6.00. The molecule has 0 radical (unpaired) electrons. The second-order valence-corrected chi connectivity index (χ2v) is 10.2. The molecule has 0 amide bonds. The lowest BCUT2D eigenvalue weighted by Gasteiger charge is -2.39. The van der Waals surface area contributed by atoms with Crippen molar-refractivity contribution in [2.24, 2.45) is 29.6 Å². The van der Waals surface area contributed by atoms with E-state index in [0.717, 1.165) is 0 Å². The first-order valence-corrected chi connectivity index (χ1v) is 12.5. The van der Waals surface area contributed by atoms with E-state index in [1.54, 1.807) is 32.9 Å². The molecule has 0 aliphatic carbocycles. The normalized spacial score (nSPS) is 44.3. The second kappa shape index (κ2) is 12.4. The third-order valence-electron chi connectivity index (χ3n) is 7.30. The molecule has 2 rings (SSSR count). The zero-order valence-electron chi connectivity index (χ0n) is 21.5. The number of hydrogen-bond donors (Lipinski definition) is 2. The fourth-order valence-corrected chi connectivity index (χ4v) is 4.86. The SMILES string of the molecule is CC[C@H]1OC(=O)[C@H](C)C(=O)[C@H](C)[C@@H](O[C@@H]2C[C@@H](O)[C@H](O)[C@@H](C)O2)[C@@H](C)C[C@@H](C)C(=O)/C=C/[C@H]1C. The molecule has 1 saturated heterocycles. The van der Waals surface area contributed by atoms with Crippen molar-refractivity contribution in [3.05, 3.63) is 12.2 Å². The molecule has 0 aromatic rings. The standard InChI is InChI=1S/C26H42O8/c1-8-21-13(2)9-10-19(27)14(3)11-15(4)25(16(5)23(29)17(6)26(31)33-21)34-22-12-20(28)24(30)18(7)32-22/h9-10,13-18,20-22,24-25,28,30H,8,11-12H2,1-7H3/b10-9+/t13-,14-,15+,16+,17-,18-,20-,21-,22-,24-,25+/m1/s1. The van der Waals surface area contributed by atoms with Crippen LogP contribution in [0.3, 0.4) is 0 Å². The zero-order valence-corrected chi connectivity index (χ0v) is 21.5. The van der Waals surface area contributed by atoms with Gasteiger partial charge in [-0.15, -0.1) is 0 Å². The van der Waals surface area contributed by atoms with E-state index >= 15 is 0 Å². The number of Topliss-reactive ketones (excluding diaryl/α,β-unsaturated/α-hetero) is 1. The van der Waals surface area contributed by atoms with Crippen LogP contribution in [0, 0.1) is 29.6 Å². The summed E-state index contributed by atoms with van der Waals surface area (Å²) in [5, 5.41) is 20.2. The minimum absolute atomic E-state index is 0.0379. The van der Waals surface area contributed by atoms with Crippen molar-refractivity contribution in [1.82, 2.24) is 0 Å². The van der Waals surface area contributed by atoms with Gasteiger partial charge in [-0.05, 0) is 38.7 Å². The van der Waals surface area contributed by atoms with Crippen LogP contribution in [0.4, 0.5) is 0 Å². The maximum Gasteiger partial charge on any atom is 0.316 e. The molecule has 8 heteroatoms. The first-order chi connectivity index (χ1) is 15.9. The van der Waals surface area contributed by atoms with Crippen molar-refractivity contribution in [3.63, 3.8) is 0 Å². The van der Waals surface area contributed by atoms with Gasteiger partial charge in [0.05, 0.1) is 18.3 Å². The quantitative estimate of drug-likeness (QED) is 0.466. The lowest BCUT2D eigenvalue weighted by Crippen LogP contribution is -2.50. The lowest BCUT2D eigenvalue weighted by atomic mass is 9.81. The Morgan fingerprint density at radius 1 is 1.03 bits per heavy atom. The summed E-state index contributed by atoms with van der Waals surface area (Å²) in [5.74, 6) is -3.27. The summed E-state index contributed by atoms with van der Waals surface area (Å²) < 4.78 is 17.6. The lowest BCUT2D eigenvalue weighted by molar-refractivity contribution is -0.269. The number of esters is 1. The Kier molecular flexibility index (Phi) is 10.4. The summed E-state index contributed by atoms with van der Waals surface area (Å²) in [5.41, 5.74) is 0. The molecule has 0 bridgehead atoms. The van der Waals surface area contributed by atoms with Crippen LogP contribution in [0.25, 0.3) is 0 Å². The first-order valence-electron chi connectivity index (χ1n) is 12.5. The van der Waals surface area contributed by atoms with Crippen LogP contribution in [-0.2, 0) is 28.6 Å². The van der Waals surface area contributed by atoms with Gasteiger partial charge in [0, 0.05) is 24.2 Å². The molecule has 0 spiro atoms. The largest absolute Gasteiger partial charge is 0.461 e. The highest BCUT2D eigenvalue weighted by Gasteiger charge is 2.41. The molecule has 0 aromatic carbocycles. The average molecular weight is 483 g/mol. The van der Waals surface area contributed by atoms with E-state index in [1.807, 2.05) is 27.7 Å². The van der Waals surface area contributed by atoms with Gasteiger partial charge in [-0.2, -0.15) is 0 Å². The van der Waals surface area contributed by atoms with Crippen molar-refractivity contribution in [2.75, 3.05) is 0 Å². The summed E-state index contributed by atoms with van der Waals surface area (Å²) in [6.45, 7) is 12.4. The van der Waals surface area contributed by atoms with Crippen molar-refractivity contribution in [3.8, 4) is 0 Å². The van der Waals surface area contributed by atoms with Gasteiger partial charge in [0.1, 0.15) is 18.1 Å². The monoisotopic (exact) mass is 482 g/mol. The number of cyclic esters (lactones) is 1. The molecule has 0 aromatic heterocycles. The van der Waals surface area contributed by atoms with Crippen LogP contribution in [-0.4, -0.2) is 64.6 Å². The van der Waals surface area contributed by atoms with E-state index in [9.17, 15) is 24.6 Å². The van der Waals surface area contributed by atoms with Crippen LogP contribution in [0.15, 0.2) is 12.2 Å². The third-order valence-corrected chi connectivity index (χ3v) is 7.30. The van der Waals surface area contributed by atoms with Crippen molar-refractivity contribution in [2.45, 2.75) is 105 Å². The van der Waals surface area contributed by atoms with E-state index < -0.39 is 54.6 Å². The smallest absolute Gasteiger partial charge is 0.316 e. The third kappa shape index (κ3) is 6.97. The second-order valence-electron chi connectivity index (χ2n) is 10.2. The molecule has 194 valence electrons. The van der Waals surface area contributed by atoms with Crippen LogP contribution >= 0.6 is 0 Å². The number of aliphatic hydroxyl groups excluding tert-OH is 2. The molecule has 2 N–H and O–H groups in total. The Labute approximate surface area is 203 Å². The molecular formula is C26H42O8. The topological polar surface area (TPSA) is 119 Å². The van der Waals surface area contributed by atoms with Gasteiger partial charge in [-0.1, -0.05) is 40.7 Å². The molecular weight excluding hydrogens is 440 g/mol. The number of carbonyl (C=O) groups excluding carboxylic acids is 3. The Bertz CT molecular complexity index is 737. The number of carbonyl (C=O) groups is 3. The van der Waals surface area contributed by atoms with E-state index in [-0.39, 0.29) is 35.7 Å². The van der Waals surface area contributed by atoms with E-state index in [2.05, 4.69) is 0 Å². The number of aliphatic hydroxyl groups is 2. The molecule has 2 aliphatic heterocycles. The molecule has 2 heterocycles. The Morgan fingerprint density at radius 3 is 2.26 bits per heavy atom. The van der Waals surface area contributed by atoms with Gasteiger partial charge in [-0.3, -0.25) is 14.4 Å². The molecule has 8 nitrogen and oxygen atoms in total. The fraction of sp³-hybridized carbons (Fsp3) is 0.808. The number of ether oxygens (including phenoxy) is 3. The molecule has 11 atom stereocenters. The number of allylic oxidation sites excluding steroid dienone is 1. The van der Waals surface area contributed by atoms with Gasteiger partial charge < -0.3 is 24.4 Å². The Morgan fingerprint density at radius 2 is 1.68 bits per heavy atom. The average Bonchev–Trinajstić information content (AvgIpc) is 2.79. The van der Waals surface area contributed by atoms with Gasteiger partial charge in [0.2, 0.25) is 0 Å². The first kappa shape index (κ1) is 28.6. The highest BCUT2D eigenvalue weighted by Crippen LogP contribution is 2.31. The van der Waals surface area contributed by atoms with E-state index in [0.29, 0.717) is 12.8 Å². The number of hydrogen-bond acceptors (Lipinski definition) is 8. The minimum atomic E-state index is -1.02. The fourth-order valence-electron chi connectivity index (χ4n) is 4.86. The van der Waals surface area contributed by atoms with Crippen molar-refractivity contribution >= 4 is 17.5 Å². The Hall–Kier alpha value is -1.61. The minimum Gasteiger partial charge on any atom is -0.461 e. The van der Waals surface area contributed by atoms with Crippen molar-refractivity contribution in [1.29, 1.82) is 0 Å². The van der Waals surface area contributed by atoms with Gasteiger partial charge in [0.25, 0.3) is 0 Å². The number of ketones is 2. The molecule has 0 unspecified atom stereocenters. The van der Waals surface area contributed by atoms with Gasteiger partial charge >= 0.3 is 5.97 Å². The summed E-state index contributed by atoms with van der Waals surface area (Å²) in [4.78, 5) is 38.9. The molecule has 0 saturated carbocycles. The van der Waals surface area contributed by atoms with Crippen LogP contribution in [0.2, 0.25) is 0 Å². The predicted octanol–water partition coefficient (Wildman–Crippen LogP) is 2.83. The molecule has 34 heavy (non-hydrogen) atoms. The van der Waals surface area contributed by atoms with Crippen molar-refractivity contribution < 1.29 is 38.8 Å². The van der Waals surface area contributed by atoms with Gasteiger partial charge in [0.15, 0.2) is 17.9 Å². The molecule has 1 fully saturated rings. The maximum absolute atomic E-state index is 13.3. The summed E-state index contributed by atoms with van der Waals surface area (Å²) in [7, 11) is 0. The summed E-state index contributed by atoms with van der Waals surface area (Å²) in [6, 6.07) is 0. The highest BCUT2D eigenvalue weighted by atomic mass is 16.7. The van der Waals surface area contributed by atoms with Crippen LogP contribution in [0.5, 0.6) is 0 Å². The number of rotatable bonds is 3. The Balaban J connectivity index is 2.35. The zero-order chi connectivity index (χ0) is 25.7. The van der Waals surface area contributed by atoms with E-state index in [4.69, 9.17) is 14.2 Å². The van der Waals surface area contributed by atoms with Crippen LogP contribution in [0.1, 0.15) is 67.7 Å². The summed E-state index contributed by atoms with van der Waals surface area (Å²) >= 11 is 0. The molecule has 2 aliphatic rings. The summed E-state index contributed by atoms with van der Waals surface area (Å²) in [6.07, 6.45) is -0.174. The van der Waals surface area contributed by atoms with Gasteiger partial charge in [-0.25, -0.2) is 0 Å². The maximum atomic E-state index is 13.3.